The van der Waals surface area contributed by atoms with Crippen molar-refractivity contribution in [3.05, 3.63) is 22.0 Å². The van der Waals surface area contributed by atoms with E-state index < -0.39 is 0 Å². The molecule has 3 fully saturated rings. The van der Waals surface area contributed by atoms with E-state index in [9.17, 15) is 9.59 Å². The molecule has 0 radical (unpaired) electrons. The van der Waals surface area contributed by atoms with Gasteiger partial charge >= 0.3 is 0 Å². The van der Waals surface area contributed by atoms with Gasteiger partial charge in [-0.1, -0.05) is 0 Å². The molecule has 0 aromatic carbocycles. The van der Waals surface area contributed by atoms with Crippen LogP contribution < -0.4 is 0 Å². The van der Waals surface area contributed by atoms with Gasteiger partial charge in [-0.2, -0.15) is 0 Å². The predicted molar refractivity (Wildman–Crippen MR) is 113 cm³/mol. The smallest absolute Gasteiger partial charge is 0.264 e. The lowest BCUT2D eigenvalue weighted by atomic mass is 9.95. The molecule has 6 nitrogen and oxygen atoms in total. The second-order valence-electron chi connectivity index (χ2n) is 8.78. The molecule has 4 heterocycles. The second kappa shape index (κ2) is 7.35. The summed E-state index contributed by atoms with van der Waals surface area (Å²) < 4.78 is 0. The van der Waals surface area contributed by atoms with Crippen molar-refractivity contribution in [2.24, 2.45) is 5.92 Å². The number of aryl methyl sites for hydroxylation is 2. The summed E-state index contributed by atoms with van der Waals surface area (Å²) in [4.78, 5) is 41.1. The summed E-state index contributed by atoms with van der Waals surface area (Å²) in [6, 6.07) is 0. The number of amides is 2. The lowest BCUT2D eigenvalue weighted by molar-refractivity contribution is -0.135. The number of hydrogen-bond donors (Lipinski definition) is 0. The maximum Gasteiger partial charge on any atom is 0.264 e. The maximum atomic E-state index is 13.3. The number of rotatable bonds is 3. The molecule has 2 aromatic rings. The van der Waals surface area contributed by atoms with Crippen molar-refractivity contribution in [3.63, 3.8) is 0 Å². The molecule has 0 bridgehead atoms. The van der Waals surface area contributed by atoms with Crippen LogP contribution in [-0.2, 0) is 4.79 Å². The van der Waals surface area contributed by atoms with E-state index in [0.717, 1.165) is 70.9 Å². The van der Waals surface area contributed by atoms with Crippen LogP contribution in [0, 0.1) is 19.8 Å². The van der Waals surface area contributed by atoms with Crippen LogP contribution in [0.4, 0.5) is 0 Å². The van der Waals surface area contributed by atoms with Gasteiger partial charge in [-0.25, -0.2) is 9.97 Å². The number of thiophene rings is 1. The van der Waals surface area contributed by atoms with Crippen LogP contribution in [0.1, 0.15) is 71.2 Å². The number of hydrogen-bond acceptors (Lipinski definition) is 5. The third-order valence-electron chi connectivity index (χ3n) is 6.67. The number of carbonyl (C=O) groups is 2. The van der Waals surface area contributed by atoms with E-state index in [1.165, 1.54) is 24.2 Å². The van der Waals surface area contributed by atoms with E-state index in [1.54, 1.807) is 0 Å². The zero-order chi connectivity index (χ0) is 20.1. The zero-order valence-corrected chi connectivity index (χ0v) is 18.1. The Balaban J connectivity index is 1.32. The SMILES string of the molecule is Cc1nc(C2CC2)nc2sc(C(=O)N3CCC(C(=O)N4CCCC4)CC3)c(C)c12. The van der Waals surface area contributed by atoms with E-state index >= 15 is 0 Å². The van der Waals surface area contributed by atoms with Gasteiger partial charge in [-0.3, -0.25) is 9.59 Å². The number of piperidine rings is 1. The molecule has 154 valence electrons. The molecule has 3 aliphatic rings. The van der Waals surface area contributed by atoms with Crippen LogP contribution in [-0.4, -0.2) is 57.8 Å². The fourth-order valence-electron chi connectivity index (χ4n) is 4.76. The van der Waals surface area contributed by atoms with Crippen molar-refractivity contribution in [1.82, 2.24) is 19.8 Å². The molecule has 0 atom stereocenters. The molecule has 2 amide bonds. The van der Waals surface area contributed by atoms with Gasteiger partial charge in [0.1, 0.15) is 10.7 Å². The standard InChI is InChI=1S/C22H28N4O2S/c1-13-17-14(2)23-19(15-5-6-15)24-20(17)29-18(13)22(28)26-11-7-16(8-12-26)21(27)25-9-3-4-10-25/h15-16H,3-12H2,1-2H3. The molecule has 5 rings (SSSR count). The largest absolute Gasteiger partial charge is 0.342 e. The summed E-state index contributed by atoms with van der Waals surface area (Å²) in [7, 11) is 0. The lowest BCUT2D eigenvalue weighted by Crippen LogP contribution is -2.43. The molecular formula is C22H28N4O2S. The molecule has 1 aliphatic carbocycles. The van der Waals surface area contributed by atoms with Crippen molar-refractivity contribution in [2.75, 3.05) is 26.2 Å². The number of aromatic nitrogens is 2. The third-order valence-corrected chi connectivity index (χ3v) is 7.85. The van der Waals surface area contributed by atoms with Gasteiger partial charge in [0.15, 0.2) is 0 Å². The Morgan fingerprint density at radius 3 is 2.28 bits per heavy atom. The fourth-order valence-corrected chi connectivity index (χ4v) is 5.96. The minimum absolute atomic E-state index is 0.0786. The average molecular weight is 413 g/mol. The van der Waals surface area contributed by atoms with Gasteiger partial charge in [0.2, 0.25) is 5.91 Å². The molecule has 29 heavy (non-hydrogen) atoms. The van der Waals surface area contributed by atoms with E-state index in [1.807, 2.05) is 23.6 Å². The first-order valence-corrected chi connectivity index (χ1v) is 11.7. The van der Waals surface area contributed by atoms with E-state index in [2.05, 4.69) is 0 Å². The Kier molecular flexibility index (Phi) is 4.81. The molecule has 2 aromatic heterocycles. The van der Waals surface area contributed by atoms with Gasteiger partial charge in [-0.05, 0) is 57.9 Å². The Bertz CT molecular complexity index is 967. The van der Waals surface area contributed by atoms with Crippen molar-refractivity contribution in [1.29, 1.82) is 0 Å². The monoisotopic (exact) mass is 412 g/mol. The van der Waals surface area contributed by atoms with Crippen molar-refractivity contribution in [3.8, 4) is 0 Å². The summed E-state index contributed by atoms with van der Waals surface area (Å²) in [6.07, 6.45) is 6.14. The minimum atomic E-state index is 0.0786. The number of likely N-dealkylation sites (tertiary alicyclic amines) is 2. The molecule has 1 saturated carbocycles. The predicted octanol–water partition coefficient (Wildman–Crippen LogP) is 3.66. The number of carbonyl (C=O) groups excluding carboxylic acids is 2. The highest BCUT2D eigenvalue weighted by Crippen LogP contribution is 2.40. The molecule has 2 saturated heterocycles. The Morgan fingerprint density at radius 1 is 0.931 bits per heavy atom. The van der Waals surface area contributed by atoms with Gasteiger partial charge in [0.05, 0.1) is 10.6 Å². The quantitative estimate of drug-likeness (QED) is 0.772. The highest BCUT2D eigenvalue weighted by molar-refractivity contribution is 7.20. The molecule has 0 spiro atoms. The van der Waals surface area contributed by atoms with Crippen LogP contribution in [0.25, 0.3) is 10.2 Å². The normalized spacial score (nSPS) is 20.6. The summed E-state index contributed by atoms with van der Waals surface area (Å²) in [5, 5.41) is 1.04. The van der Waals surface area contributed by atoms with Crippen LogP contribution in [0.3, 0.4) is 0 Å². The first kappa shape index (κ1) is 19.0. The summed E-state index contributed by atoms with van der Waals surface area (Å²) in [5.41, 5.74) is 1.99. The molecule has 0 N–H and O–H groups in total. The molecule has 2 aliphatic heterocycles. The maximum absolute atomic E-state index is 13.3. The summed E-state index contributed by atoms with van der Waals surface area (Å²) in [5.74, 6) is 1.91. The van der Waals surface area contributed by atoms with Crippen molar-refractivity contribution < 1.29 is 9.59 Å². The van der Waals surface area contributed by atoms with Gasteiger partial charge in [0.25, 0.3) is 5.91 Å². The Morgan fingerprint density at radius 2 is 1.62 bits per heavy atom. The highest BCUT2D eigenvalue weighted by atomic mass is 32.1. The van der Waals surface area contributed by atoms with Gasteiger partial charge in [0, 0.05) is 43.4 Å². The van der Waals surface area contributed by atoms with E-state index in [0.29, 0.717) is 24.9 Å². The zero-order valence-electron chi connectivity index (χ0n) is 17.2. The van der Waals surface area contributed by atoms with Gasteiger partial charge < -0.3 is 9.80 Å². The fraction of sp³-hybridized carbons (Fsp3) is 0.636. The Hall–Kier alpha value is -2.02. The summed E-state index contributed by atoms with van der Waals surface area (Å²) in [6.45, 7) is 7.18. The minimum Gasteiger partial charge on any atom is -0.342 e. The van der Waals surface area contributed by atoms with Gasteiger partial charge in [-0.15, -0.1) is 11.3 Å². The molecule has 0 unspecified atom stereocenters. The molecule has 7 heteroatoms. The second-order valence-corrected chi connectivity index (χ2v) is 9.78. The van der Waals surface area contributed by atoms with Crippen molar-refractivity contribution in [2.45, 2.75) is 58.3 Å². The van der Waals surface area contributed by atoms with Crippen LogP contribution in [0.5, 0.6) is 0 Å². The third kappa shape index (κ3) is 3.43. The van der Waals surface area contributed by atoms with E-state index in [4.69, 9.17) is 9.97 Å². The number of nitrogens with zero attached hydrogens (tertiary/aromatic N) is 4. The molecular weight excluding hydrogens is 384 g/mol. The van der Waals surface area contributed by atoms with Crippen LogP contribution >= 0.6 is 11.3 Å². The summed E-state index contributed by atoms with van der Waals surface area (Å²) >= 11 is 1.51. The lowest BCUT2D eigenvalue weighted by Gasteiger charge is -2.33. The van der Waals surface area contributed by atoms with Crippen LogP contribution in [0.2, 0.25) is 0 Å². The Labute approximate surface area is 175 Å². The topological polar surface area (TPSA) is 66.4 Å². The highest BCUT2D eigenvalue weighted by Gasteiger charge is 2.33. The van der Waals surface area contributed by atoms with Crippen LogP contribution in [0.15, 0.2) is 0 Å². The van der Waals surface area contributed by atoms with E-state index in [-0.39, 0.29) is 11.8 Å². The number of fused-ring (bicyclic) bond motifs is 1. The van der Waals surface area contributed by atoms with Crippen molar-refractivity contribution >= 4 is 33.4 Å². The first-order chi connectivity index (χ1) is 14.0. The first-order valence-electron chi connectivity index (χ1n) is 10.9. The average Bonchev–Trinajstić information content (AvgIpc) is 3.33.